The molecular weight excluding hydrogens is 416 g/mol. The van der Waals surface area contributed by atoms with E-state index in [0.29, 0.717) is 25.8 Å². The fraction of sp³-hybridized carbons (Fsp3) is 0.444. The highest BCUT2D eigenvalue weighted by Gasteiger charge is 2.57. The number of amides is 1. The Kier molecular flexibility index (Phi) is 7.05. The Bertz CT molecular complexity index is 966. The zero-order valence-electron chi connectivity index (χ0n) is 19.3. The standard InChI is InChI=1S/C27H34N2O4/c1-3-15-29-16-14-26(22-10-7-11-24(17-22)32-2)18-23(12-13-27(26,31)20-29)28-25(30)33-19-21-8-5-4-6-9-21/h3-11,17,23,31H,1,12-16,18-20H2,2H3,(H,28,30)/t23-,26-,27-/m0/s1. The molecule has 2 aliphatic rings. The molecule has 2 aromatic rings. The molecule has 0 unspecified atom stereocenters. The second kappa shape index (κ2) is 9.98. The van der Waals surface area contributed by atoms with Crippen molar-refractivity contribution in [2.24, 2.45) is 0 Å². The maximum Gasteiger partial charge on any atom is 0.407 e. The topological polar surface area (TPSA) is 71.0 Å². The summed E-state index contributed by atoms with van der Waals surface area (Å²) in [6, 6.07) is 17.6. The van der Waals surface area contributed by atoms with E-state index in [-0.39, 0.29) is 12.6 Å². The molecule has 0 spiro atoms. The van der Waals surface area contributed by atoms with E-state index in [4.69, 9.17) is 9.47 Å². The summed E-state index contributed by atoms with van der Waals surface area (Å²) in [6.45, 7) is 6.30. The number of methoxy groups -OCH3 is 1. The summed E-state index contributed by atoms with van der Waals surface area (Å²) in [5.41, 5.74) is 0.640. The number of nitrogens with zero attached hydrogens (tertiary/aromatic N) is 1. The molecule has 1 aliphatic carbocycles. The molecule has 0 bridgehead atoms. The fourth-order valence-electron chi connectivity index (χ4n) is 5.57. The quantitative estimate of drug-likeness (QED) is 0.623. The predicted molar refractivity (Wildman–Crippen MR) is 128 cm³/mol. The maximum absolute atomic E-state index is 12.6. The Balaban J connectivity index is 1.53. The summed E-state index contributed by atoms with van der Waals surface area (Å²) >= 11 is 0. The first kappa shape index (κ1) is 23.3. The predicted octanol–water partition coefficient (Wildman–Crippen LogP) is 4.03. The lowest BCUT2D eigenvalue weighted by molar-refractivity contribution is -0.124. The number of likely N-dealkylation sites (tertiary alicyclic amines) is 1. The summed E-state index contributed by atoms with van der Waals surface area (Å²) in [6.07, 6.45) is 4.21. The summed E-state index contributed by atoms with van der Waals surface area (Å²) in [5.74, 6) is 0.773. The van der Waals surface area contributed by atoms with E-state index < -0.39 is 17.1 Å². The van der Waals surface area contributed by atoms with Gasteiger partial charge in [0.25, 0.3) is 0 Å². The molecule has 33 heavy (non-hydrogen) atoms. The van der Waals surface area contributed by atoms with Gasteiger partial charge in [0.1, 0.15) is 12.4 Å². The first-order chi connectivity index (χ1) is 16.0. The molecule has 1 heterocycles. The summed E-state index contributed by atoms with van der Waals surface area (Å²) in [5, 5.41) is 15.1. The molecule has 1 amide bonds. The Hall–Kier alpha value is -2.83. The van der Waals surface area contributed by atoms with Gasteiger partial charge in [-0.25, -0.2) is 4.79 Å². The largest absolute Gasteiger partial charge is 0.497 e. The zero-order chi connectivity index (χ0) is 23.3. The van der Waals surface area contributed by atoms with Crippen molar-refractivity contribution in [2.75, 3.05) is 26.7 Å². The van der Waals surface area contributed by atoms with Gasteiger partial charge in [0.15, 0.2) is 0 Å². The van der Waals surface area contributed by atoms with Crippen LogP contribution >= 0.6 is 0 Å². The van der Waals surface area contributed by atoms with Gasteiger partial charge in [0.2, 0.25) is 0 Å². The lowest BCUT2D eigenvalue weighted by Gasteiger charge is -2.58. The maximum atomic E-state index is 12.6. The van der Waals surface area contributed by atoms with Crippen LogP contribution in [0.1, 0.15) is 36.8 Å². The van der Waals surface area contributed by atoms with Gasteiger partial charge in [0.05, 0.1) is 12.7 Å². The number of nitrogens with one attached hydrogen (secondary N) is 1. The SMILES string of the molecule is C=CCN1CC[C@@]2(c3cccc(OC)c3)C[C@@H](NC(=O)OCc3ccccc3)CC[C@]2(O)C1. The van der Waals surface area contributed by atoms with Crippen molar-refractivity contribution < 1.29 is 19.4 Å². The van der Waals surface area contributed by atoms with E-state index in [2.05, 4.69) is 22.9 Å². The highest BCUT2D eigenvalue weighted by Crippen LogP contribution is 2.52. The van der Waals surface area contributed by atoms with Crippen LogP contribution in [0.3, 0.4) is 0 Å². The van der Waals surface area contributed by atoms with Crippen LogP contribution in [0.4, 0.5) is 4.79 Å². The van der Waals surface area contributed by atoms with Crippen LogP contribution in [-0.4, -0.2) is 54.5 Å². The van der Waals surface area contributed by atoms with Crippen molar-refractivity contribution >= 4 is 6.09 Å². The van der Waals surface area contributed by atoms with Crippen LogP contribution in [0.5, 0.6) is 5.75 Å². The molecule has 1 saturated carbocycles. The van der Waals surface area contributed by atoms with Gasteiger partial charge in [-0.1, -0.05) is 48.5 Å². The molecule has 1 aliphatic heterocycles. The van der Waals surface area contributed by atoms with Crippen molar-refractivity contribution in [3.63, 3.8) is 0 Å². The molecular formula is C27H34N2O4. The highest BCUT2D eigenvalue weighted by atomic mass is 16.5. The second-order valence-corrected chi connectivity index (χ2v) is 9.27. The average Bonchev–Trinajstić information content (AvgIpc) is 2.84. The number of β-amino-alcohol motifs (C(OH)–C–C–N with tert-alkyl or cyclic N) is 1. The molecule has 0 radical (unpaired) electrons. The van der Waals surface area contributed by atoms with Crippen LogP contribution in [-0.2, 0) is 16.8 Å². The number of ether oxygens (including phenoxy) is 2. The number of fused-ring (bicyclic) bond motifs is 1. The number of piperidine rings is 1. The van der Waals surface area contributed by atoms with E-state index >= 15 is 0 Å². The van der Waals surface area contributed by atoms with Crippen LogP contribution in [0.15, 0.2) is 67.3 Å². The summed E-state index contributed by atoms with van der Waals surface area (Å²) < 4.78 is 10.9. The first-order valence-electron chi connectivity index (χ1n) is 11.7. The molecule has 6 heteroatoms. The molecule has 6 nitrogen and oxygen atoms in total. The van der Waals surface area contributed by atoms with Gasteiger partial charge in [0, 0.05) is 24.5 Å². The number of rotatable bonds is 7. The minimum Gasteiger partial charge on any atom is -0.497 e. The van der Waals surface area contributed by atoms with Gasteiger partial charge in [-0.3, -0.25) is 4.90 Å². The summed E-state index contributed by atoms with van der Waals surface area (Å²) in [7, 11) is 1.66. The van der Waals surface area contributed by atoms with Gasteiger partial charge in [-0.15, -0.1) is 6.58 Å². The lowest BCUT2D eigenvalue weighted by atomic mass is 9.55. The molecule has 2 N–H and O–H groups in total. The number of carbonyl (C=O) groups excluding carboxylic acids is 1. The Labute approximate surface area is 196 Å². The molecule has 2 aromatic carbocycles. The molecule has 176 valence electrons. The molecule has 1 saturated heterocycles. The van der Waals surface area contributed by atoms with E-state index in [1.807, 2.05) is 54.6 Å². The number of aliphatic hydroxyl groups is 1. The second-order valence-electron chi connectivity index (χ2n) is 9.27. The monoisotopic (exact) mass is 450 g/mol. The highest BCUT2D eigenvalue weighted by molar-refractivity contribution is 5.67. The molecule has 0 aromatic heterocycles. The fourth-order valence-corrected chi connectivity index (χ4v) is 5.57. The third-order valence-electron chi connectivity index (χ3n) is 7.28. The van der Waals surface area contributed by atoms with E-state index in [1.165, 1.54) is 0 Å². The number of hydrogen-bond acceptors (Lipinski definition) is 5. The number of alkyl carbamates (subject to hydrolysis) is 1. The minimum absolute atomic E-state index is 0.0781. The normalized spacial score (nSPS) is 27.3. The Morgan fingerprint density at radius 3 is 2.82 bits per heavy atom. The van der Waals surface area contributed by atoms with Gasteiger partial charge in [-0.05, 0) is 55.5 Å². The van der Waals surface area contributed by atoms with Crippen molar-refractivity contribution in [2.45, 2.75) is 49.3 Å². The van der Waals surface area contributed by atoms with Crippen LogP contribution < -0.4 is 10.1 Å². The van der Waals surface area contributed by atoms with E-state index in [1.54, 1.807) is 7.11 Å². The minimum atomic E-state index is -0.896. The number of hydrogen-bond donors (Lipinski definition) is 2. The first-order valence-corrected chi connectivity index (χ1v) is 11.7. The number of carbonyl (C=O) groups is 1. The van der Waals surface area contributed by atoms with E-state index in [0.717, 1.165) is 36.4 Å². The van der Waals surface area contributed by atoms with Crippen molar-refractivity contribution in [3.8, 4) is 5.75 Å². The third-order valence-corrected chi connectivity index (χ3v) is 7.28. The summed E-state index contributed by atoms with van der Waals surface area (Å²) in [4.78, 5) is 14.8. The van der Waals surface area contributed by atoms with Gasteiger partial charge in [-0.2, -0.15) is 0 Å². The van der Waals surface area contributed by atoms with Crippen molar-refractivity contribution in [1.82, 2.24) is 10.2 Å². The van der Waals surface area contributed by atoms with Crippen LogP contribution in [0.25, 0.3) is 0 Å². The smallest absolute Gasteiger partial charge is 0.407 e. The Morgan fingerprint density at radius 2 is 2.06 bits per heavy atom. The van der Waals surface area contributed by atoms with Gasteiger partial charge >= 0.3 is 6.09 Å². The number of benzene rings is 2. The third kappa shape index (κ3) is 4.92. The molecule has 3 atom stereocenters. The average molecular weight is 451 g/mol. The van der Waals surface area contributed by atoms with Crippen LogP contribution in [0.2, 0.25) is 0 Å². The molecule has 2 fully saturated rings. The zero-order valence-corrected chi connectivity index (χ0v) is 19.3. The van der Waals surface area contributed by atoms with Crippen molar-refractivity contribution in [1.29, 1.82) is 0 Å². The lowest BCUT2D eigenvalue weighted by Crippen LogP contribution is -2.67. The van der Waals surface area contributed by atoms with Crippen LogP contribution in [0, 0.1) is 0 Å². The Morgan fingerprint density at radius 1 is 1.24 bits per heavy atom. The van der Waals surface area contributed by atoms with Crippen molar-refractivity contribution in [3.05, 3.63) is 78.4 Å². The van der Waals surface area contributed by atoms with E-state index in [9.17, 15) is 9.90 Å². The molecule has 4 rings (SSSR count). The van der Waals surface area contributed by atoms with Gasteiger partial charge < -0.3 is 19.9 Å².